The third-order valence-corrected chi connectivity index (χ3v) is 7.23. The molecule has 38 heavy (non-hydrogen) atoms. The molecule has 3 amide bonds. The van der Waals surface area contributed by atoms with Crippen LogP contribution in [-0.2, 0) is 16.1 Å². The van der Waals surface area contributed by atoms with Crippen LogP contribution in [0.5, 0.6) is 0 Å². The van der Waals surface area contributed by atoms with Gasteiger partial charge in [0.25, 0.3) is 11.8 Å². The van der Waals surface area contributed by atoms with Gasteiger partial charge in [0.15, 0.2) is 0 Å². The minimum atomic E-state index is -1.08. The highest BCUT2D eigenvalue weighted by atomic mass is 19.1. The van der Waals surface area contributed by atoms with Crippen molar-refractivity contribution in [2.24, 2.45) is 0 Å². The summed E-state index contributed by atoms with van der Waals surface area (Å²) in [6.45, 7) is 2.79. The number of nitrogens with one attached hydrogen (secondary N) is 1. The van der Waals surface area contributed by atoms with Gasteiger partial charge in [-0.05, 0) is 48.9 Å². The summed E-state index contributed by atoms with van der Waals surface area (Å²) in [5.41, 5.74) is 1.26. The molecule has 0 bridgehead atoms. The van der Waals surface area contributed by atoms with Crippen molar-refractivity contribution in [1.29, 1.82) is 0 Å². The fraction of sp³-hybridized carbons (Fsp3) is 0.310. The number of hydrogen-bond donors (Lipinski definition) is 1. The predicted octanol–water partition coefficient (Wildman–Crippen LogP) is 3.32. The van der Waals surface area contributed by atoms with E-state index in [4.69, 9.17) is 4.74 Å². The first-order valence-electron chi connectivity index (χ1n) is 12.6. The third-order valence-electron chi connectivity index (χ3n) is 7.23. The van der Waals surface area contributed by atoms with Crippen LogP contribution in [-0.4, -0.2) is 64.0 Å². The van der Waals surface area contributed by atoms with Gasteiger partial charge in [0.1, 0.15) is 17.6 Å². The fourth-order valence-corrected chi connectivity index (χ4v) is 5.17. The van der Waals surface area contributed by atoms with Crippen LogP contribution in [0.15, 0.2) is 72.9 Å². The SMILES string of the molecule is Cc1ccccc1C(=O)N1CCC2(CC1)OC[C@@H](C(=O)NCc1ccccn1)N2C(=O)c1cccc(F)c1. The van der Waals surface area contributed by atoms with Crippen molar-refractivity contribution in [2.75, 3.05) is 19.7 Å². The van der Waals surface area contributed by atoms with Gasteiger partial charge in [-0.3, -0.25) is 24.3 Å². The lowest BCUT2D eigenvalue weighted by molar-refractivity contribution is -0.128. The summed E-state index contributed by atoms with van der Waals surface area (Å²) in [6, 6.07) is 17.3. The molecule has 2 fully saturated rings. The molecule has 8 nitrogen and oxygen atoms in total. The van der Waals surface area contributed by atoms with Crippen LogP contribution in [0, 0.1) is 12.7 Å². The van der Waals surface area contributed by atoms with Crippen LogP contribution in [0.3, 0.4) is 0 Å². The number of aryl methyl sites for hydroxylation is 1. The van der Waals surface area contributed by atoms with Gasteiger partial charge in [-0.2, -0.15) is 0 Å². The van der Waals surface area contributed by atoms with E-state index < -0.39 is 23.5 Å². The molecule has 2 saturated heterocycles. The minimum absolute atomic E-state index is 0.000840. The third kappa shape index (κ3) is 5.02. The number of pyridine rings is 1. The van der Waals surface area contributed by atoms with Gasteiger partial charge in [-0.15, -0.1) is 0 Å². The summed E-state index contributed by atoms with van der Waals surface area (Å²) in [5, 5.41) is 2.85. The number of benzene rings is 2. The second kappa shape index (κ2) is 10.7. The molecule has 3 heterocycles. The van der Waals surface area contributed by atoms with Crippen molar-refractivity contribution in [3.05, 3.63) is 101 Å². The van der Waals surface area contributed by atoms with Crippen LogP contribution in [0.1, 0.15) is 44.8 Å². The molecule has 2 aliphatic rings. The lowest BCUT2D eigenvalue weighted by Crippen LogP contribution is -2.59. The maximum atomic E-state index is 14.0. The Morgan fingerprint density at radius 2 is 1.79 bits per heavy atom. The van der Waals surface area contributed by atoms with Gasteiger partial charge >= 0.3 is 0 Å². The van der Waals surface area contributed by atoms with E-state index in [1.165, 1.54) is 23.1 Å². The molecule has 0 radical (unpaired) electrons. The lowest BCUT2D eigenvalue weighted by atomic mass is 9.95. The molecular weight excluding hydrogens is 487 g/mol. The number of carbonyl (C=O) groups is 3. The first-order valence-corrected chi connectivity index (χ1v) is 12.6. The van der Waals surface area contributed by atoms with Crippen LogP contribution in [0.2, 0.25) is 0 Å². The van der Waals surface area contributed by atoms with E-state index >= 15 is 0 Å². The predicted molar refractivity (Wildman–Crippen MR) is 137 cm³/mol. The Balaban J connectivity index is 1.37. The number of rotatable bonds is 5. The summed E-state index contributed by atoms with van der Waals surface area (Å²) in [6.07, 6.45) is 2.30. The Bertz CT molecular complexity index is 1340. The van der Waals surface area contributed by atoms with E-state index in [2.05, 4.69) is 10.3 Å². The molecule has 0 aliphatic carbocycles. The average molecular weight is 517 g/mol. The van der Waals surface area contributed by atoms with Crippen LogP contribution in [0.25, 0.3) is 0 Å². The first-order chi connectivity index (χ1) is 18.4. The van der Waals surface area contributed by atoms with E-state index in [9.17, 15) is 18.8 Å². The summed E-state index contributed by atoms with van der Waals surface area (Å²) in [5.74, 6) is -1.49. The summed E-state index contributed by atoms with van der Waals surface area (Å²) < 4.78 is 20.2. The topological polar surface area (TPSA) is 91.8 Å². The van der Waals surface area contributed by atoms with Crippen LogP contribution < -0.4 is 5.32 Å². The van der Waals surface area contributed by atoms with Crippen molar-refractivity contribution in [3.63, 3.8) is 0 Å². The zero-order chi connectivity index (χ0) is 26.7. The lowest BCUT2D eigenvalue weighted by Gasteiger charge is -2.44. The molecule has 1 spiro atoms. The number of halogens is 1. The summed E-state index contributed by atoms with van der Waals surface area (Å²) in [4.78, 5) is 47.7. The van der Waals surface area contributed by atoms with Crippen molar-refractivity contribution in [2.45, 2.75) is 38.1 Å². The maximum absolute atomic E-state index is 14.0. The molecule has 3 aromatic rings. The minimum Gasteiger partial charge on any atom is -0.353 e. The smallest absolute Gasteiger partial charge is 0.256 e. The molecule has 1 atom stereocenters. The van der Waals surface area contributed by atoms with Crippen molar-refractivity contribution in [3.8, 4) is 0 Å². The number of aromatic nitrogens is 1. The van der Waals surface area contributed by atoms with Crippen molar-refractivity contribution >= 4 is 17.7 Å². The Labute approximate surface area is 220 Å². The number of hydrogen-bond acceptors (Lipinski definition) is 5. The summed E-state index contributed by atoms with van der Waals surface area (Å²) in [7, 11) is 0. The molecule has 2 aliphatic heterocycles. The number of ether oxygens (including phenoxy) is 1. The summed E-state index contributed by atoms with van der Waals surface area (Å²) >= 11 is 0. The second-order valence-corrected chi connectivity index (χ2v) is 9.60. The van der Waals surface area contributed by atoms with E-state index in [1.807, 2.05) is 31.2 Å². The van der Waals surface area contributed by atoms with Crippen molar-refractivity contribution in [1.82, 2.24) is 20.1 Å². The standard InChI is InChI=1S/C29H29FN4O4/c1-20-7-2-3-11-24(20)28(37)33-15-12-29(13-16-33)34(27(36)21-8-6-9-22(30)17-21)25(19-38-29)26(35)32-18-23-10-4-5-14-31-23/h2-11,14,17,25H,12-13,15-16,18-19H2,1H3,(H,32,35)/t25-/m0/s1. The maximum Gasteiger partial charge on any atom is 0.256 e. The van der Waals surface area contributed by atoms with Crippen LogP contribution >= 0.6 is 0 Å². The molecular formula is C29H29FN4O4. The Morgan fingerprint density at radius 3 is 2.50 bits per heavy atom. The largest absolute Gasteiger partial charge is 0.353 e. The number of amides is 3. The zero-order valence-electron chi connectivity index (χ0n) is 21.1. The molecule has 0 saturated carbocycles. The molecule has 5 rings (SSSR count). The van der Waals surface area contributed by atoms with Gasteiger partial charge in [0.05, 0.1) is 18.8 Å². The number of carbonyl (C=O) groups excluding carboxylic acids is 3. The Kier molecular flexibility index (Phi) is 7.20. The van der Waals surface area contributed by atoms with Crippen molar-refractivity contribution < 1.29 is 23.5 Å². The molecule has 1 N–H and O–H groups in total. The quantitative estimate of drug-likeness (QED) is 0.562. The van der Waals surface area contributed by atoms with Gasteiger partial charge < -0.3 is 15.0 Å². The number of likely N-dealkylation sites (tertiary alicyclic amines) is 1. The highest BCUT2D eigenvalue weighted by molar-refractivity contribution is 5.99. The Hall–Kier alpha value is -4.11. The number of piperidine rings is 1. The zero-order valence-corrected chi connectivity index (χ0v) is 21.1. The van der Waals surface area contributed by atoms with E-state index in [0.29, 0.717) is 37.2 Å². The molecule has 196 valence electrons. The van der Waals surface area contributed by atoms with E-state index in [0.717, 1.165) is 11.6 Å². The van der Waals surface area contributed by atoms with Gasteiger partial charge in [-0.25, -0.2) is 4.39 Å². The average Bonchev–Trinajstić information content (AvgIpc) is 3.30. The molecule has 9 heteroatoms. The Morgan fingerprint density at radius 1 is 1.03 bits per heavy atom. The highest BCUT2D eigenvalue weighted by Gasteiger charge is 2.54. The highest BCUT2D eigenvalue weighted by Crippen LogP contribution is 2.39. The first kappa shape index (κ1) is 25.5. The van der Waals surface area contributed by atoms with Gasteiger partial charge in [-0.1, -0.05) is 30.3 Å². The van der Waals surface area contributed by atoms with Gasteiger partial charge in [0, 0.05) is 43.3 Å². The van der Waals surface area contributed by atoms with E-state index in [1.54, 1.807) is 29.3 Å². The molecule has 2 aromatic carbocycles. The van der Waals surface area contributed by atoms with Gasteiger partial charge in [0.2, 0.25) is 5.91 Å². The number of nitrogens with zero attached hydrogens (tertiary/aromatic N) is 3. The fourth-order valence-electron chi connectivity index (χ4n) is 5.17. The normalized spacial score (nSPS) is 18.4. The molecule has 1 aromatic heterocycles. The second-order valence-electron chi connectivity index (χ2n) is 9.60. The molecule has 0 unspecified atom stereocenters. The van der Waals surface area contributed by atoms with E-state index in [-0.39, 0.29) is 30.5 Å². The monoisotopic (exact) mass is 516 g/mol. The van der Waals surface area contributed by atoms with Crippen LogP contribution in [0.4, 0.5) is 4.39 Å².